The van der Waals surface area contributed by atoms with Crippen molar-refractivity contribution in [3.8, 4) is 0 Å². The molecule has 3 N–H and O–H groups in total. The first kappa shape index (κ1) is 17.3. The Morgan fingerprint density at radius 1 is 1.29 bits per heavy atom. The van der Waals surface area contributed by atoms with Crippen molar-refractivity contribution in [2.24, 2.45) is 0 Å². The normalized spacial score (nSPS) is 15.1. The second kappa shape index (κ2) is 7.31. The zero-order valence-electron chi connectivity index (χ0n) is 10.8. The SMILES string of the molecule is O=C(O)CCC(OP(=O)(O)Cc1ccccc1F)C(=O)O. The van der Waals surface area contributed by atoms with Gasteiger partial charge in [0.2, 0.25) is 0 Å². The molecule has 0 aromatic heterocycles. The van der Waals surface area contributed by atoms with Gasteiger partial charge in [0.05, 0.1) is 6.16 Å². The smallest absolute Gasteiger partial charge is 0.333 e. The highest BCUT2D eigenvalue weighted by molar-refractivity contribution is 7.52. The quantitative estimate of drug-likeness (QED) is 0.625. The van der Waals surface area contributed by atoms with Crippen molar-refractivity contribution in [1.82, 2.24) is 0 Å². The Labute approximate surface area is 119 Å². The molecule has 0 radical (unpaired) electrons. The van der Waals surface area contributed by atoms with Crippen LogP contribution < -0.4 is 0 Å². The third-order valence-corrected chi connectivity index (χ3v) is 3.84. The Balaban J connectivity index is 2.76. The van der Waals surface area contributed by atoms with Gasteiger partial charge in [-0.05, 0) is 18.1 Å². The molecule has 0 aliphatic rings. The molecule has 9 heteroatoms. The van der Waals surface area contributed by atoms with Crippen molar-refractivity contribution in [1.29, 1.82) is 0 Å². The van der Waals surface area contributed by atoms with Gasteiger partial charge in [0.1, 0.15) is 5.82 Å². The van der Waals surface area contributed by atoms with Crippen LogP contribution in [0.5, 0.6) is 0 Å². The molecule has 0 fully saturated rings. The van der Waals surface area contributed by atoms with E-state index in [0.29, 0.717) is 0 Å². The first-order valence-electron chi connectivity index (χ1n) is 5.89. The predicted octanol–water partition coefficient (Wildman–Crippen LogP) is 1.85. The minimum atomic E-state index is -4.43. The summed E-state index contributed by atoms with van der Waals surface area (Å²) >= 11 is 0. The summed E-state index contributed by atoms with van der Waals surface area (Å²) in [5.41, 5.74) is -0.0919. The van der Waals surface area contributed by atoms with Crippen LogP contribution in [-0.2, 0) is 24.8 Å². The minimum absolute atomic E-state index is 0.0919. The lowest BCUT2D eigenvalue weighted by atomic mass is 10.2. The molecule has 0 heterocycles. The molecular formula is C12H14FO7P. The second-order valence-corrected chi connectivity index (χ2v) is 6.05. The zero-order valence-corrected chi connectivity index (χ0v) is 11.7. The second-order valence-electron chi connectivity index (χ2n) is 4.25. The molecule has 0 aliphatic heterocycles. The summed E-state index contributed by atoms with van der Waals surface area (Å²) < 4.78 is 29.8. The van der Waals surface area contributed by atoms with Crippen LogP contribution in [-0.4, -0.2) is 33.1 Å². The Morgan fingerprint density at radius 3 is 2.43 bits per heavy atom. The van der Waals surface area contributed by atoms with Crippen molar-refractivity contribution in [2.45, 2.75) is 25.1 Å². The maximum atomic E-state index is 13.4. The Kier molecular flexibility index (Phi) is 6.02. The molecule has 0 amide bonds. The van der Waals surface area contributed by atoms with E-state index in [-0.39, 0.29) is 5.56 Å². The molecule has 2 unspecified atom stereocenters. The van der Waals surface area contributed by atoms with Gasteiger partial charge in [-0.15, -0.1) is 0 Å². The highest BCUT2D eigenvalue weighted by Crippen LogP contribution is 2.47. The molecule has 0 bridgehead atoms. The van der Waals surface area contributed by atoms with Crippen LogP contribution in [0.4, 0.5) is 4.39 Å². The number of carbonyl (C=O) groups is 2. The fourth-order valence-corrected chi connectivity index (χ4v) is 2.91. The van der Waals surface area contributed by atoms with Crippen molar-refractivity contribution in [3.63, 3.8) is 0 Å². The largest absolute Gasteiger partial charge is 0.481 e. The molecule has 21 heavy (non-hydrogen) atoms. The summed E-state index contributed by atoms with van der Waals surface area (Å²) in [6.45, 7) is 0. The fourth-order valence-electron chi connectivity index (χ4n) is 1.55. The summed E-state index contributed by atoms with van der Waals surface area (Å²) in [6.07, 6.45) is -3.44. The van der Waals surface area contributed by atoms with E-state index in [1.807, 2.05) is 0 Å². The minimum Gasteiger partial charge on any atom is -0.481 e. The number of carboxylic acids is 2. The average molecular weight is 320 g/mol. The van der Waals surface area contributed by atoms with Crippen molar-refractivity contribution in [2.75, 3.05) is 0 Å². The van der Waals surface area contributed by atoms with E-state index >= 15 is 0 Å². The van der Waals surface area contributed by atoms with Crippen LogP contribution in [0.2, 0.25) is 0 Å². The topological polar surface area (TPSA) is 121 Å². The molecule has 116 valence electrons. The van der Waals surface area contributed by atoms with Gasteiger partial charge in [0, 0.05) is 6.42 Å². The van der Waals surface area contributed by atoms with E-state index in [1.165, 1.54) is 18.2 Å². The van der Waals surface area contributed by atoms with Crippen LogP contribution in [0.1, 0.15) is 18.4 Å². The maximum Gasteiger partial charge on any atom is 0.333 e. The van der Waals surface area contributed by atoms with Gasteiger partial charge in [-0.2, -0.15) is 0 Å². The summed E-state index contributed by atoms with van der Waals surface area (Å²) in [6, 6.07) is 5.22. The molecule has 0 aliphatic carbocycles. The predicted molar refractivity (Wildman–Crippen MR) is 69.3 cm³/mol. The number of hydrogen-bond donors (Lipinski definition) is 3. The molecule has 1 aromatic rings. The van der Waals surface area contributed by atoms with Gasteiger partial charge >= 0.3 is 19.5 Å². The van der Waals surface area contributed by atoms with E-state index in [1.54, 1.807) is 0 Å². The molecule has 1 rings (SSSR count). The first-order valence-corrected chi connectivity index (χ1v) is 7.66. The van der Waals surface area contributed by atoms with Gasteiger partial charge in [-0.25, -0.2) is 9.18 Å². The lowest BCUT2D eigenvalue weighted by Crippen LogP contribution is -2.24. The van der Waals surface area contributed by atoms with E-state index in [0.717, 1.165) is 6.07 Å². The van der Waals surface area contributed by atoms with Crippen molar-refractivity contribution >= 4 is 19.5 Å². The Morgan fingerprint density at radius 2 is 1.90 bits per heavy atom. The monoisotopic (exact) mass is 320 g/mol. The number of rotatable bonds is 8. The Bertz CT molecular complexity index is 574. The number of carboxylic acid groups (broad SMARTS) is 2. The molecular weight excluding hydrogens is 306 g/mol. The lowest BCUT2D eigenvalue weighted by molar-refractivity contribution is -0.146. The average Bonchev–Trinajstić information content (AvgIpc) is 2.36. The highest BCUT2D eigenvalue weighted by atomic mass is 31.2. The van der Waals surface area contributed by atoms with Crippen LogP contribution in [0.15, 0.2) is 24.3 Å². The van der Waals surface area contributed by atoms with E-state index < -0.39 is 50.5 Å². The summed E-state index contributed by atoms with van der Waals surface area (Å²) in [5, 5.41) is 17.3. The zero-order chi connectivity index (χ0) is 16.0. The Hall–Kier alpha value is -1.76. The van der Waals surface area contributed by atoms with E-state index in [4.69, 9.17) is 10.2 Å². The number of halogens is 1. The van der Waals surface area contributed by atoms with Gasteiger partial charge < -0.3 is 15.1 Å². The van der Waals surface area contributed by atoms with E-state index in [2.05, 4.69) is 4.52 Å². The van der Waals surface area contributed by atoms with Gasteiger partial charge in [0.25, 0.3) is 0 Å². The van der Waals surface area contributed by atoms with Gasteiger partial charge in [0.15, 0.2) is 6.10 Å². The summed E-state index contributed by atoms with van der Waals surface area (Å²) in [7, 11) is -4.43. The van der Waals surface area contributed by atoms with Crippen molar-refractivity contribution < 1.29 is 38.2 Å². The van der Waals surface area contributed by atoms with Crippen LogP contribution in [0, 0.1) is 5.82 Å². The number of hydrogen-bond acceptors (Lipinski definition) is 4. The van der Waals surface area contributed by atoms with Crippen molar-refractivity contribution in [3.05, 3.63) is 35.6 Å². The third kappa shape index (κ3) is 6.03. The molecule has 1 aromatic carbocycles. The molecule has 2 atom stereocenters. The maximum absolute atomic E-state index is 13.4. The summed E-state index contributed by atoms with van der Waals surface area (Å²) in [4.78, 5) is 30.9. The highest BCUT2D eigenvalue weighted by Gasteiger charge is 2.30. The fraction of sp³-hybridized carbons (Fsp3) is 0.333. The van der Waals surface area contributed by atoms with Gasteiger partial charge in [-0.1, -0.05) is 18.2 Å². The number of aliphatic carboxylic acids is 2. The van der Waals surface area contributed by atoms with E-state index in [9.17, 15) is 23.4 Å². The molecule has 0 spiro atoms. The molecule has 0 saturated carbocycles. The lowest BCUT2D eigenvalue weighted by Gasteiger charge is -2.18. The van der Waals surface area contributed by atoms with Crippen LogP contribution >= 0.6 is 7.60 Å². The van der Waals surface area contributed by atoms with Crippen LogP contribution in [0.25, 0.3) is 0 Å². The molecule has 7 nitrogen and oxygen atoms in total. The first-order chi connectivity index (χ1) is 9.71. The van der Waals surface area contributed by atoms with Gasteiger partial charge in [-0.3, -0.25) is 13.9 Å². The third-order valence-electron chi connectivity index (χ3n) is 2.52. The standard InChI is InChI=1S/C12H14FO7P/c13-9-4-2-1-3-8(9)7-21(18,19)20-10(12(16)17)5-6-11(14)15/h1-4,10H,5-7H2,(H,14,15)(H,16,17)(H,18,19). The number of benzene rings is 1. The molecule has 0 saturated heterocycles. The van der Waals surface area contributed by atoms with Crippen LogP contribution in [0.3, 0.4) is 0 Å². The summed E-state index contributed by atoms with van der Waals surface area (Å²) in [5.74, 6) is -3.53.